The van der Waals surface area contributed by atoms with Crippen LogP contribution in [0.25, 0.3) is 0 Å². The van der Waals surface area contributed by atoms with E-state index in [1.807, 2.05) is 31.4 Å². The van der Waals surface area contributed by atoms with Crippen LogP contribution in [0.3, 0.4) is 0 Å². The summed E-state index contributed by atoms with van der Waals surface area (Å²) in [5.74, 6) is -0.454. The Morgan fingerprint density at radius 2 is 2.05 bits per heavy atom. The van der Waals surface area contributed by atoms with Gasteiger partial charge in [0.1, 0.15) is 35.5 Å². The lowest BCUT2D eigenvalue weighted by atomic mass is 9.75. The van der Waals surface area contributed by atoms with Crippen LogP contribution in [0.5, 0.6) is 5.88 Å². The highest BCUT2D eigenvalue weighted by Crippen LogP contribution is 2.50. The predicted octanol–water partition coefficient (Wildman–Crippen LogP) is 3.58. The summed E-state index contributed by atoms with van der Waals surface area (Å²) >= 11 is 0. The third-order valence-electron chi connectivity index (χ3n) is 7.36. The maximum Gasteiger partial charge on any atom is 0.319 e. The number of carbonyl (C=O) groups is 1. The van der Waals surface area contributed by atoms with E-state index < -0.39 is 17.4 Å². The minimum Gasteiger partial charge on any atom is -0.476 e. The monoisotopic (exact) mass is 515 g/mol. The molecule has 1 aromatic carbocycles. The van der Waals surface area contributed by atoms with Crippen molar-refractivity contribution in [3.05, 3.63) is 75.3 Å². The molecule has 5 rings (SSSR count). The number of benzene rings is 1. The molecule has 3 atom stereocenters. The molecule has 1 amide bonds. The Labute approximate surface area is 219 Å². The summed E-state index contributed by atoms with van der Waals surface area (Å²) in [6.07, 6.45) is 3.92. The van der Waals surface area contributed by atoms with Gasteiger partial charge < -0.3 is 9.72 Å². The molecule has 3 unspecified atom stereocenters. The molecule has 38 heavy (non-hydrogen) atoms. The largest absolute Gasteiger partial charge is 0.476 e. The molecule has 1 saturated heterocycles. The first-order valence-corrected chi connectivity index (χ1v) is 12.5. The van der Waals surface area contributed by atoms with Gasteiger partial charge in [0.2, 0.25) is 0 Å². The zero-order chi connectivity index (χ0) is 27.3. The number of hydrogen-bond acceptors (Lipinski definition) is 6. The molecular weight excluding hydrogens is 487 g/mol. The van der Waals surface area contributed by atoms with Gasteiger partial charge in [-0.1, -0.05) is 26.8 Å². The first kappa shape index (κ1) is 25.3. The third kappa shape index (κ3) is 3.77. The quantitative estimate of drug-likeness (QED) is 0.502. The molecule has 9 nitrogen and oxygen atoms in total. The standard InChI is InChI=1S/C28H27FN6O3/c1-6-16-9-20(26(36)32-12-16)35-24(17-7-8-18(11-30)19(29)10-17)22-23(14(2)3)34(25(22)28(35)37)21-13-31-15(4)33-27(21)38-5/h7-10,12-14,22-24H,6H2,1-5H3/p+1. The number of amides is 1. The van der Waals surface area contributed by atoms with Gasteiger partial charge in [-0.3, -0.25) is 14.5 Å². The molecule has 10 heteroatoms. The van der Waals surface area contributed by atoms with Crippen molar-refractivity contribution in [2.24, 2.45) is 11.8 Å². The number of nitrogens with zero attached hydrogens (tertiary/aromatic N) is 5. The number of aryl methyl sites for hydroxylation is 2. The van der Waals surface area contributed by atoms with E-state index in [0.29, 0.717) is 35.1 Å². The van der Waals surface area contributed by atoms with Crippen LogP contribution in [0.15, 0.2) is 41.5 Å². The number of aromatic nitrogens is 3. The van der Waals surface area contributed by atoms with Crippen molar-refractivity contribution in [3.8, 4) is 11.9 Å². The van der Waals surface area contributed by atoms with E-state index in [-0.39, 0.29) is 35.0 Å². The molecule has 4 heterocycles. The number of pyridine rings is 1. The van der Waals surface area contributed by atoms with Gasteiger partial charge in [-0.25, -0.2) is 9.37 Å². The zero-order valence-corrected chi connectivity index (χ0v) is 21.8. The van der Waals surface area contributed by atoms with Crippen LogP contribution < -0.4 is 15.2 Å². The van der Waals surface area contributed by atoms with Crippen LogP contribution in [0.2, 0.25) is 0 Å². The number of nitriles is 1. The third-order valence-corrected chi connectivity index (χ3v) is 7.36. The summed E-state index contributed by atoms with van der Waals surface area (Å²) in [5.41, 5.74) is 2.07. The lowest BCUT2D eigenvalue weighted by Crippen LogP contribution is -2.54. The van der Waals surface area contributed by atoms with Crippen molar-refractivity contribution >= 4 is 23.0 Å². The maximum absolute atomic E-state index is 14.9. The molecule has 1 fully saturated rings. The number of carbonyl (C=O) groups excluding carboxylic acids is 1. The van der Waals surface area contributed by atoms with E-state index >= 15 is 0 Å². The number of H-pyrrole nitrogens is 1. The SMILES string of the molecule is CCc1c[nH]c(=O)c(N2C(=O)C3=[N+](c4cnc(C)nc4OC)C(C(C)C)C3C2c2ccc(C#N)c(F)c2)c1. The molecule has 1 N–H and O–H groups in total. The lowest BCUT2D eigenvalue weighted by Gasteiger charge is -2.36. The van der Waals surface area contributed by atoms with E-state index in [2.05, 4.69) is 15.0 Å². The van der Waals surface area contributed by atoms with Crippen molar-refractivity contribution < 1.29 is 18.5 Å². The molecular formula is C28H28FN6O3+. The Hall–Kier alpha value is -4.39. The number of halogens is 1. The fourth-order valence-electron chi connectivity index (χ4n) is 5.63. The highest BCUT2D eigenvalue weighted by atomic mass is 19.1. The van der Waals surface area contributed by atoms with Crippen LogP contribution in [0.4, 0.5) is 15.8 Å². The Bertz CT molecular complexity index is 1590. The smallest absolute Gasteiger partial charge is 0.319 e. The summed E-state index contributed by atoms with van der Waals surface area (Å²) in [6.45, 7) is 7.80. The summed E-state index contributed by atoms with van der Waals surface area (Å²) < 4.78 is 22.3. The molecule has 2 aliphatic heterocycles. The van der Waals surface area contributed by atoms with E-state index in [9.17, 15) is 19.2 Å². The van der Waals surface area contributed by atoms with Crippen LogP contribution in [0.1, 0.15) is 49.3 Å². The number of anilines is 1. The minimum atomic E-state index is -0.673. The van der Waals surface area contributed by atoms with E-state index in [1.54, 1.807) is 31.5 Å². The molecule has 0 bridgehead atoms. The van der Waals surface area contributed by atoms with Gasteiger partial charge in [-0.15, -0.1) is 0 Å². The number of ether oxygens (including phenoxy) is 1. The Morgan fingerprint density at radius 3 is 2.68 bits per heavy atom. The van der Waals surface area contributed by atoms with E-state index in [1.165, 1.54) is 24.1 Å². The van der Waals surface area contributed by atoms with Crippen molar-refractivity contribution in [2.45, 2.75) is 46.2 Å². The summed E-state index contributed by atoms with van der Waals surface area (Å²) in [4.78, 5) is 40.2. The van der Waals surface area contributed by atoms with Gasteiger partial charge >= 0.3 is 5.91 Å². The van der Waals surface area contributed by atoms with Crippen molar-refractivity contribution in [3.63, 3.8) is 0 Å². The Kier molecular flexibility index (Phi) is 6.31. The first-order chi connectivity index (χ1) is 18.2. The van der Waals surface area contributed by atoms with Crippen LogP contribution in [-0.2, 0) is 11.2 Å². The molecule has 0 radical (unpaired) electrons. The molecule has 0 aliphatic carbocycles. The van der Waals surface area contributed by atoms with Crippen molar-refractivity contribution in [2.75, 3.05) is 12.0 Å². The molecule has 3 aromatic rings. The molecule has 0 spiro atoms. The number of nitrogens with one attached hydrogen (secondary N) is 1. The van der Waals surface area contributed by atoms with Gasteiger partial charge in [-0.05, 0) is 42.7 Å². The Balaban J connectivity index is 1.78. The lowest BCUT2D eigenvalue weighted by molar-refractivity contribution is -0.536. The number of hydrogen-bond donors (Lipinski definition) is 1. The number of aromatic amines is 1. The zero-order valence-electron chi connectivity index (χ0n) is 21.8. The fraction of sp³-hybridized carbons (Fsp3) is 0.357. The topological polar surface area (TPSA) is 115 Å². The average Bonchev–Trinajstić information content (AvgIpc) is 3.12. The predicted molar refractivity (Wildman–Crippen MR) is 138 cm³/mol. The van der Waals surface area contributed by atoms with Crippen molar-refractivity contribution in [1.82, 2.24) is 15.0 Å². The van der Waals surface area contributed by atoms with Gasteiger partial charge in [0.15, 0.2) is 6.04 Å². The van der Waals surface area contributed by atoms with E-state index in [4.69, 9.17) is 4.74 Å². The first-order valence-electron chi connectivity index (χ1n) is 12.5. The van der Waals surface area contributed by atoms with Gasteiger partial charge in [0.25, 0.3) is 22.8 Å². The van der Waals surface area contributed by atoms with E-state index in [0.717, 1.165) is 5.56 Å². The molecule has 2 aliphatic rings. The number of fused-ring (bicyclic) bond motifs is 1. The highest BCUT2D eigenvalue weighted by molar-refractivity contribution is 6.46. The van der Waals surface area contributed by atoms with Gasteiger partial charge in [-0.2, -0.15) is 14.8 Å². The fourth-order valence-corrected chi connectivity index (χ4v) is 5.63. The minimum absolute atomic E-state index is 0.0634. The number of methoxy groups -OCH3 is 1. The molecule has 0 saturated carbocycles. The molecule has 2 aromatic heterocycles. The van der Waals surface area contributed by atoms with Gasteiger partial charge in [0, 0.05) is 12.1 Å². The summed E-state index contributed by atoms with van der Waals surface area (Å²) in [6, 6.07) is 7.06. The normalized spacial score (nSPS) is 20.4. The van der Waals surface area contributed by atoms with Crippen molar-refractivity contribution in [1.29, 1.82) is 5.26 Å². The van der Waals surface area contributed by atoms with Gasteiger partial charge in [0.05, 0.1) is 18.7 Å². The number of rotatable bonds is 6. The van der Waals surface area contributed by atoms with Crippen LogP contribution in [0, 0.1) is 35.9 Å². The maximum atomic E-state index is 14.9. The summed E-state index contributed by atoms with van der Waals surface area (Å²) in [7, 11) is 1.51. The second-order valence-electron chi connectivity index (χ2n) is 9.87. The average molecular weight is 516 g/mol. The van der Waals surface area contributed by atoms with Crippen LogP contribution >= 0.6 is 0 Å². The van der Waals surface area contributed by atoms with Crippen LogP contribution in [-0.4, -0.2) is 44.3 Å². The molecule has 194 valence electrons. The second-order valence-corrected chi connectivity index (χ2v) is 9.87. The summed E-state index contributed by atoms with van der Waals surface area (Å²) in [5, 5.41) is 9.26. The second kappa shape index (κ2) is 9.49. The Morgan fingerprint density at radius 1 is 1.29 bits per heavy atom. The highest BCUT2D eigenvalue weighted by Gasteiger charge is 2.67.